The van der Waals surface area contributed by atoms with Crippen LogP contribution in [0.15, 0.2) is 18.2 Å². The summed E-state index contributed by atoms with van der Waals surface area (Å²) in [4.78, 5) is 13.1. The molecule has 1 heterocycles. The monoisotopic (exact) mass is 478 g/mol. The molecular formula is C27H46O5Si. The second-order valence-corrected chi connectivity index (χ2v) is 16.5. The van der Waals surface area contributed by atoms with Crippen molar-refractivity contribution in [2.75, 3.05) is 6.61 Å². The minimum atomic E-state index is -1.76. The molecule has 0 radical (unpaired) electrons. The largest absolute Gasteiger partial charge is 0.426 e. The molecule has 5 nitrogen and oxygen atoms in total. The summed E-state index contributed by atoms with van der Waals surface area (Å²) in [5, 5.41) is 0.202. The van der Waals surface area contributed by atoms with E-state index in [2.05, 4.69) is 40.8 Å². The molecule has 1 aromatic carbocycles. The van der Waals surface area contributed by atoms with Gasteiger partial charge < -0.3 is 18.6 Å². The van der Waals surface area contributed by atoms with Crippen molar-refractivity contribution in [1.29, 1.82) is 0 Å². The normalized spacial score (nSPS) is 24.4. The van der Waals surface area contributed by atoms with Gasteiger partial charge in [-0.1, -0.05) is 45.9 Å². The van der Waals surface area contributed by atoms with Crippen LogP contribution in [0, 0.1) is 25.7 Å². The SMILES string of the molecule is Cc1cccc(C)c1OC(=O)C(C)C1OC(C)(C)OC(CCCO[Si](C)(C)C(C)(C)C)C1C. The molecule has 1 aliphatic rings. The van der Waals surface area contributed by atoms with E-state index in [1.807, 2.05) is 52.8 Å². The standard InChI is InChI=1S/C27H46O5Si/c1-18-14-12-15-19(2)23(18)30-25(28)21(4)24-20(3)22(31-27(8,9)32-24)16-13-17-29-33(10,11)26(5,6)7/h12,14-15,20-22,24H,13,16-17H2,1-11H3. The molecule has 1 saturated heterocycles. The second-order valence-electron chi connectivity index (χ2n) is 11.7. The van der Waals surface area contributed by atoms with Gasteiger partial charge in [0.1, 0.15) is 5.75 Å². The lowest BCUT2D eigenvalue weighted by Crippen LogP contribution is -2.53. The first-order chi connectivity index (χ1) is 15.1. The third kappa shape index (κ3) is 7.14. The molecule has 4 unspecified atom stereocenters. The number of carbonyl (C=O) groups excluding carboxylic acids is 1. The zero-order valence-electron chi connectivity index (χ0n) is 22.7. The lowest BCUT2D eigenvalue weighted by Gasteiger charge is -2.46. The summed E-state index contributed by atoms with van der Waals surface area (Å²) in [6.07, 6.45) is 1.51. The Balaban J connectivity index is 2.03. The first-order valence-corrected chi connectivity index (χ1v) is 15.2. The Kier molecular flexibility index (Phi) is 8.99. The molecule has 1 aromatic rings. The molecule has 1 fully saturated rings. The van der Waals surface area contributed by atoms with Crippen LogP contribution < -0.4 is 4.74 Å². The van der Waals surface area contributed by atoms with E-state index in [1.165, 1.54) is 0 Å². The average molecular weight is 479 g/mol. The highest BCUT2D eigenvalue weighted by Crippen LogP contribution is 2.39. The Bertz CT molecular complexity index is 791. The summed E-state index contributed by atoms with van der Waals surface area (Å²) >= 11 is 0. The number of carbonyl (C=O) groups is 1. The number of ether oxygens (including phenoxy) is 3. The summed E-state index contributed by atoms with van der Waals surface area (Å²) < 4.78 is 24.7. The Morgan fingerprint density at radius 2 is 1.73 bits per heavy atom. The van der Waals surface area contributed by atoms with E-state index in [0.717, 1.165) is 30.6 Å². The summed E-state index contributed by atoms with van der Waals surface area (Å²) in [6, 6.07) is 5.88. The van der Waals surface area contributed by atoms with Crippen LogP contribution in [0.4, 0.5) is 0 Å². The van der Waals surface area contributed by atoms with Crippen LogP contribution in [0.3, 0.4) is 0 Å². The van der Waals surface area contributed by atoms with Crippen molar-refractivity contribution in [2.24, 2.45) is 11.8 Å². The van der Waals surface area contributed by atoms with Gasteiger partial charge in [-0.15, -0.1) is 0 Å². The maximum absolute atomic E-state index is 13.1. The van der Waals surface area contributed by atoms with Crippen molar-refractivity contribution in [3.63, 3.8) is 0 Å². The van der Waals surface area contributed by atoms with Gasteiger partial charge in [-0.3, -0.25) is 4.79 Å². The zero-order valence-corrected chi connectivity index (χ0v) is 23.7. The molecule has 4 atom stereocenters. The maximum Gasteiger partial charge on any atom is 0.316 e. The van der Waals surface area contributed by atoms with E-state index in [1.54, 1.807) is 0 Å². The molecule has 0 spiro atoms. The highest BCUT2D eigenvalue weighted by atomic mass is 28.4. The summed E-state index contributed by atoms with van der Waals surface area (Å²) in [5.41, 5.74) is 1.91. The van der Waals surface area contributed by atoms with Crippen LogP contribution in [0.1, 0.15) is 72.4 Å². The topological polar surface area (TPSA) is 54.0 Å². The number of esters is 1. The summed E-state index contributed by atoms with van der Waals surface area (Å²) in [7, 11) is -1.76. The van der Waals surface area contributed by atoms with Gasteiger partial charge in [0.05, 0.1) is 18.1 Å². The fourth-order valence-corrected chi connectivity index (χ4v) is 5.23. The minimum absolute atomic E-state index is 0.00258. The lowest BCUT2D eigenvalue weighted by molar-refractivity contribution is -0.326. The van der Waals surface area contributed by atoms with Crippen LogP contribution in [-0.4, -0.2) is 38.9 Å². The Morgan fingerprint density at radius 3 is 2.27 bits per heavy atom. The van der Waals surface area contributed by atoms with Crippen molar-refractivity contribution >= 4 is 14.3 Å². The van der Waals surface area contributed by atoms with E-state index < -0.39 is 20.0 Å². The van der Waals surface area contributed by atoms with Crippen molar-refractivity contribution < 1.29 is 23.4 Å². The first-order valence-electron chi connectivity index (χ1n) is 12.3. The fourth-order valence-electron chi connectivity index (χ4n) is 4.14. The molecule has 0 N–H and O–H groups in total. The average Bonchev–Trinajstić information content (AvgIpc) is 2.68. The number of hydrogen-bond donors (Lipinski definition) is 0. The van der Waals surface area contributed by atoms with E-state index in [-0.39, 0.29) is 29.1 Å². The van der Waals surface area contributed by atoms with E-state index >= 15 is 0 Å². The van der Waals surface area contributed by atoms with Crippen molar-refractivity contribution in [1.82, 2.24) is 0 Å². The highest BCUT2D eigenvalue weighted by molar-refractivity contribution is 6.74. The highest BCUT2D eigenvalue weighted by Gasteiger charge is 2.45. The van der Waals surface area contributed by atoms with Gasteiger partial charge in [-0.25, -0.2) is 0 Å². The third-order valence-corrected chi connectivity index (χ3v) is 11.9. The number of rotatable bonds is 8. The van der Waals surface area contributed by atoms with Crippen LogP contribution in [0.2, 0.25) is 18.1 Å². The molecule has 33 heavy (non-hydrogen) atoms. The first kappa shape index (κ1) is 28.0. The number of para-hydroxylation sites is 1. The van der Waals surface area contributed by atoms with Crippen LogP contribution in [0.25, 0.3) is 0 Å². The Morgan fingerprint density at radius 1 is 1.15 bits per heavy atom. The Labute approximate surface area is 202 Å². The van der Waals surface area contributed by atoms with E-state index in [4.69, 9.17) is 18.6 Å². The van der Waals surface area contributed by atoms with Crippen molar-refractivity contribution in [3.8, 4) is 5.75 Å². The van der Waals surface area contributed by atoms with Gasteiger partial charge in [0, 0.05) is 12.5 Å². The minimum Gasteiger partial charge on any atom is -0.426 e. The number of benzene rings is 1. The second kappa shape index (κ2) is 10.6. The number of aryl methyl sites for hydroxylation is 2. The molecule has 0 saturated carbocycles. The van der Waals surface area contributed by atoms with Crippen LogP contribution >= 0.6 is 0 Å². The van der Waals surface area contributed by atoms with Gasteiger partial charge in [-0.05, 0) is 76.7 Å². The lowest BCUT2D eigenvalue weighted by atomic mass is 9.85. The van der Waals surface area contributed by atoms with Crippen molar-refractivity contribution in [2.45, 2.75) is 111 Å². The van der Waals surface area contributed by atoms with E-state index in [0.29, 0.717) is 5.75 Å². The molecule has 1 aliphatic heterocycles. The van der Waals surface area contributed by atoms with E-state index in [9.17, 15) is 4.79 Å². The third-order valence-electron chi connectivity index (χ3n) is 7.34. The predicted octanol–water partition coefficient (Wildman–Crippen LogP) is 6.80. The molecule has 0 aliphatic carbocycles. The van der Waals surface area contributed by atoms with Gasteiger partial charge in [0.15, 0.2) is 14.1 Å². The number of hydrogen-bond acceptors (Lipinski definition) is 5. The predicted molar refractivity (Wildman–Crippen MR) is 136 cm³/mol. The summed E-state index contributed by atoms with van der Waals surface area (Å²) in [5.74, 6) is -0.718. The van der Waals surface area contributed by atoms with Gasteiger partial charge >= 0.3 is 5.97 Å². The summed E-state index contributed by atoms with van der Waals surface area (Å²) in [6.45, 7) is 23.9. The molecule has 0 aromatic heterocycles. The molecule has 6 heteroatoms. The zero-order chi connectivity index (χ0) is 25.2. The molecule has 188 valence electrons. The molecule has 0 bridgehead atoms. The maximum atomic E-state index is 13.1. The molecule has 2 rings (SSSR count). The van der Waals surface area contributed by atoms with Gasteiger partial charge in [0.2, 0.25) is 0 Å². The smallest absolute Gasteiger partial charge is 0.316 e. The quantitative estimate of drug-likeness (QED) is 0.178. The molecule has 0 amide bonds. The Hall–Kier alpha value is -1.21. The van der Waals surface area contributed by atoms with Gasteiger partial charge in [-0.2, -0.15) is 0 Å². The van der Waals surface area contributed by atoms with Crippen molar-refractivity contribution in [3.05, 3.63) is 29.3 Å². The van der Waals surface area contributed by atoms with Crippen LogP contribution in [-0.2, 0) is 18.7 Å². The molecular weight excluding hydrogens is 432 g/mol. The fraction of sp³-hybridized carbons (Fsp3) is 0.741. The van der Waals surface area contributed by atoms with Gasteiger partial charge in [0.25, 0.3) is 0 Å². The van der Waals surface area contributed by atoms with Crippen LogP contribution in [0.5, 0.6) is 5.75 Å².